The zero-order chi connectivity index (χ0) is 16.1. The first-order chi connectivity index (χ1) is 11.3. The van der Waals surface area contributed by atoms with Crippen molar-refractivity contribution in [2.24, 2.45) is 5.92 Å². The number of terminal acetylenes is 1. The summed E-state index contributed by atoms with van der Waals surface area (Å²) in [6.07, 6.45) is 8.28. The van der Waals surface area contributed by atoms with Crippen LogP contribution in [-0.2, 0) is 11.2 Å². The highest BCUT2D eigenvalue weighted by Gasteiger charge is 2.24. The number of likely N-dealkylation sites (tertiary alicyclic amines) is 1. The number of amides is 1. The number of nitrogens with zero attached hydrogens (tertiary/aromatic N) is 2. The molecule has 0 saturated carbocycles. The van der Waals surface area contributed by atoms with Crippen molar-refractivity contribution in [3.05, 3.63) is 29.8 Å². The van der Waals surface area contributed by atoms with E-state index in [1.54, 1.807) is 0 Å². The van der Waals surface area contributed by atoms with Crippen molar-refractivity contribution in [2.75, 3.05) is 44.2 Å². The second-order valence-electron chi connectivity index (χ2n) is 6.41. The van der Waals surface area contributed by atoms with Crippen molar-refractivity contribution in [3.8, 4) is 12.3 Å². The molecular weight excluding hydrogens is 286 g/mol. The zero-order valence-electron chi connectivity index (χ0n) is 13.6. The number of anilines is 1. The Morgan fingerprint density at radius 1 is 1.26 bits per heavy atom. The molecule has 1 N–H and O–H groups in total. The quantitative estimate of drug-likeness (QED) is 0.837. The SMILES string of the molecule is C#CCN1CCC(C(=O)NCCN2CCc3ccccc32)CC1. The first-order valence-corrected chi connectivity index (χ1v) is 8.54. The molecule has 1 fully saturated rings. The molecule has 0 bridgehead atoms. The molecule has 0 aromatic heterocycles. The molecule has 0 radical (unpaired) electrons. The van der Waals surface area contributed by atoms with Gasteiger partial charge in [0.15, 0.2) is 0 Å². The predicted molar refractivity (Wildman–Crippen MR) is 93.4 cm³/mol. The summed E-state index contributed by atoms with van der Waals surface area (Å²) in [7, 11) is 0. The molecule has 1 saturated heterocycles. The number of fused-ring (bicyclic) bond motifs is 1. The van der Waals surface area contributed by atoms with E-state index in [0.717, 1.165) is 52.0 Å². The number of carbonyl (C=O) groups excluding carboxylic acids is 1. The van der Waals surface area contributed by atoms with Gasteiger partial charge in [0.2, 0.25) is 5.91 Å². The van der Waals surface area contributed by atoms with E-state index < -0.39 is 0 Å². The van der Waals surface area contributed by atoms with E-state index in [-0.39, 0.29) is 11.8 Å². The summed E-state index contributed by atoms with van der Waals surface area (Å²) in [6.45, 7) is 5.22. The third-order valence-corrected chi connectivity index (χ3v) is 4.94. The monoisotopic (exact) mass is 311 g/mol. The molecule has 4 heteroatoms. The maximum absolute atomic E-state index is 12.3. The molecule has 2 heterocycles. The highest BCUT2D eigenvalue weighted by atomic mass is 16.1. The van der Waals surface area contributed by atoms with Crippen LogP contribution in [-0.4, -0.2) is 50.1 Å². The molecule has 2 aliphatic heterocycles. The van der Waals surface area contributed by atoms with Crippen molar-refractivity contribution >= 4 is 11.6 Å². The van der Waals surface area contributed by atoms with Crippen LogP contribution in [0.2, 0.25) is 0 Å². The normalized spacial score (nSPS) is 18.5. The summed E-state index contributed by atoms with van der Waals surface area (Å²) in [5, 5.41) is 3.12. The maximum atomic E-state index is 12.3. The van der Waals surface area contributed by atoms with Crippen LogP contribution >= 0.6 is 0 Å². The highest BCUT2D eigenvalue weighted by Crippen LogP contribution is 2.26. The van der Waals surface area contributed by atoms with E-state index in [1.807, 2.05) is 0 Å². The number of piperidine rings is 1. The Hall–Kier alpha value is -1.99. The molecule has 23 heavy (non-hydrogen) atoms. The molecule has 0 aliphatic carbocycles. The lowest BCUT2D eigenvalue weighted by Gasteiger charge is -2.30. The van der Waals surface area contributed by atoms with Crippen LogP contribution in [0.1, 0.15) is 18.4 Å². The summed E-state index contributed by atoms with van der Waals surface area (Å²) >= 11 is 0. The Kier molecular flexibility index (Phi) is 5.19. The van der Waals surface area contributed by atoms with Crippen LogP contribution in [0.4, 0.5) is 5.69 Å². The topological polar surface area (TPSA) is 35.6 Å². The van der Waals surface area contributed by atoms with Crippen molar-refractivity contribution in [3.63, 3.8) is 0 Å². The van der Waals surface area contributed by atoms with Crippen LogP contribution in [0.5, 0.6) is 0 Å². The second-order valence-corrected chi connectivity index (χ2v) is 6.41. The van der Waals surface area contributed by atoms with Gasteiger partial charge in [0, 0.05) is 31.2 Å². The third-order valence-electron chi connectivity index (χ3n) is 4.94. The van der Waals surface area contributed by atoms with Gasteiger partial charge >= 0.3 is 0 Å². The molecule has 0 unspecified atom stereocenters. The van der Waals surface area contributed by atoms with Gasteiger partial charge in [0.25, 0.3) is 0 Å². The predicted octanol–water partition coefficient (Wildman–Crippen LogP) is 1.51. The molecule has 122 valence electrons. The lowest BCUT2D eigenvalue weighted by Crippen LogP contribution is -2.42. The molecule has 1 amide bonds. The minimum atomic E-state index is 0.148. The van der Waals surface area contributed by atoms with Gasteiger partial charge in [0.05, 0.1) is 6.54 Å². The molecule has 1 aromatic rings. The average molecular weight is 311 g/mol. The van der Waals surface area contributed by atoms with Crippen LogP contribution in [0.3, 0.4) is 0 Å². The van der Waals surface area contributed by atoms with E-state index >= 15 is 0 Å². The van der Waals surface area contributed by atoms with Crippen molar-refractivity contribution in [2.45, 2.75) is 19.3 Å². The molecule has 0 atom stereocenters. The van der Waals surface area contributed by atoms with Gasteiger partial charge in [-0.2, -0.15) is 0 Å². The number of para-hydroxylation sites is 1. The van der Waals surface area contributed by atoms with Gasteiger partial charge in [-0.3, -0.25) is 9.69 Å². The van der Waals surface area contributed by atoms with Crippen LogP contribution in [0.15, 0.2) is 24.3 Å². The number of benzene rings is 1. The van der Waals surface area contributed by atoms with E-state index in [2.05, 4.69) is 45.3 Å². The summed E-state index contributed by atoms with van der Waals surface area (Å²) < 4.78 is 0. The number of nitrogens with one attached hydrogen (secondary N) is 1. The fraction of sp³-hybridized carbons (Fsp3) is 0.526. The van der Waals surface area contributed by atoms with E-state index in [9.17, 15) is 4.79 Å². The first-order valence-electron chi connectivity index (χ1n) is 8.54. The third kappa shape index (κ3) is 3.86. The zero-order valence-corrected chi connectivity index (χ0v) is 13.6. The summed E-state index contributed by atoms with van der Waals surface area (Å²) in [4.78, 5) is 16.9. The molecule has 2 aliphatic rings. The lowest BCUT2D eigenvalue weighted by molar-refractivity contribution is -0.126. The van der Waals surface area contributed by atoms with Gasteiger partial charge in [0.1, 0.15) is 0 Å². The Labute approximate surface area is 138 Å². The molecule has 0 spiro atoms. The summed E-state index contributed by atoms with van der Waals surface area (Å²) in [6, 6.07) is 8.54. The fourth-order valence-corrected chi connectivity index (χ4v) is 3.58. The smallest absolute Gasteiger partial charge is 0.223 e. The number of rotatable bonds is 5. The van der Waals surface area contributed by atoms with Gasteiger partial charge in [-0.05, 0) is 44.0 Å². The van der Waals surface area contributed by atoms with Crippen molar-refractivity contribution < 1.29 is 4.79 Å². The molecule has 4 nitrogen and oxygen atoms in total. The van der Waals surface area contributed by atoms with Gasteiger partial charge in [-0.1, -0.05) is 24.1 Å². The molecular formula is C19H25N3O. The lowest BCUT2D eigenvalue weighted by atomic mass is 9.96. The van der Waals surface area contributed by atoms with Crippen LogP contribution in [0.25, 0.3) is 0 Å². The summed E-state index contributed by atoms with van der Waals surface area (Å²) in [5.41, 5.74) is 2.74. The average Bonchev–Trinajstić information content (AvgIpc) is 2.99. The summed E-state index contributed by atoms with van der Waals surface area (Å²) in [5.74, 6) is 3.03. The van der Waals surface area contributed by atoms with Gasteiger partial charge in [-0.25, -0.2) is 0 Å². The standard InChI is InChI=1S/C19H25N3O/c1-2-11-21-12-7-17(8-13-21)19(23)20-10-15-22-14-9-16-5-3-4-6-18(16)22/h1,3-6,17H,7-15H2,(H,20,23). The van der Waals surface area contributed by atoms with Gasteiger partial charge < -0.3 is 10.2 Å². The Bertz CT molecular complexity index is 585. The number of hydrogen-bond acceptors (Lipinski definition) is 3. The fourth-order valence-electron chi connectivity index (χ4n) is 3.58. The van der Waals surface area contributed by atoms with E-state index in [0.29, 0.717) is 6.54 Å². The molecule has 3 rings (SSSR count). The van der Waals surface area contributed by atoms with E-state index in [4.69, 9.17) is 6.42 Å². The number of hydrogen-bond donors (Lipinski definition) is 1. The Morgan fingerprint density at radius 2 is 2.04 bits per heavy atom. The second kappa shape index (κ2) is 7.52. The first kappa shape index (κ1) is 15.9. The largest absolute Gasteiger partial charge is 0.369 e. The minimum absolute atomic E-state index is 0.148. The maximum Gasteiger partial charge on any atom is 0.223 e. The highest BCUT2D eigenvalue weighted by molar-refractivity contribution is 5.78. The van der Waals surface area contributed by atoms with Gasteiger partial charge in [-0.15, -0.1) is 6.42 Å². The van der Waals surface area contributed by atoms with Crippen molar-refractivity contribution in [1.29, 1.82) is 0 Å². The molecule has 1 aromatic carbocycles. The minimum Gasteiger partial charge on any atom is -0.369 e. The number of carbonyl (C=O) groups is 1. The Morgan fingerprint density at radius 3 is 2.83 bits per heavy atom. The van der Waals surface area contributed by atoms with Crippen LogP contribution in [0, 0.1) is 18.3 Å². The Balaban J connectivity index is 1.40. The van der Waals surface area contributed by atoms with E-state index in [1.165, 1.54) is 11.3 Å². The van der Waals surface area contributed by atoms with Crippen LogP contribution < -0.4 is 10.2 Å². The van der Waals surface area contributed by atoms with Crippen molar-refractivity contribution in [1.82, 2.24) is 10.2 Å².